The minimum atomic E-state index is -0.405. The Morgan fingerprint density at radius 2 is 1.78 bits per heavy atom. The van der Waals surface area contributed by atoms with E-state index in [0.29, 0.717) is 17.9 Å². The third-order valence-electron chi connectivity index (χ3n) is 4.95. The van der Waals surface area contributed by atoms with Crippen molar-refractivity contribution in [3.63, 3.8) is 0 Å². The number of imide groups is 1. The van der Waals surface area contributed by atoms with Gasteiger partial charge in [0.05, 0.1) is 11.8 Å². The van der Waals surface area contributed by atoms with E-state index in [1.807, 2.05) is 0 Å². The summed E-state index contributed by atoms with van der Waals surface area (Å²) < 4.78 is 0. The third-order valence-corrected chi connectivity index (χ3v) is 4.95. The first-order valence-corrected chi connectivity index (χ1v) is 6.70. The van der Waals surface area contributed by atoms with Gasteiger partial charge < -0.3 is 0 Å². The number of rotatable bonds is 0. The molecule has 1 heterocycles. The number of amides is 2. The van der Waals surface area contributed by atoms with Crippen molar-refractivity contribution >= 4 is 11.8 Å². The zero-order valence-electron chi connectivity index (χ0n) is 10.9. The van der Waals surface area contributed by atoms with Crippen LogP contribution in [0.25, 0.3) is 0 Å². The first-order valence-electron chi connectivity index (χ1n) is 6.70. The second-order valence-corrected chi connectivity index (χ2v) is 6.43. The topological polar surface area (TPSA) is 57.6 Å². The minimum Gasteiger partial charge on any atom is -0.278 e. The molecule has 4 nitrogen and oxygen atoms in total. The van der Waals surface area contributed by atoms with Gasteiger partial charge in [-0.1, -0.05) is 25.0 Å². The predicted octanol–water partition coefficient (Wildman–Crippen LogP) is 2.28. The second kappa shape index (κ2) is 3.67. The van der Waals surface area contributed by atoms with E-state index in [0.717, 1.165) is 19.3 Å². The van der Waals surface area contributed by atoms with E-state index in [-0.39, 0.29) is 17.3 Å². The van der Waals surface area contributed by atoms with Crippen LogP contribution in [0.1, 0.15) is 46.0 Å². The average molecular weight is 249 g/mol. The zero-order valence-corrected chi connectivity index (χ0v) is 10.9. The number of hydrogen-bond donors (Lipinski definition) is 1. The largest absolute Gasteiger partial charge is 0.278 e. The lowest BCUT2D eigenvalue weighted by Gasteiger charge is -2.40. The van der Waals surface area contributed by atoms with Crippen LogP contribution in [-0.2, 0) is 9.59 Å². The van der Waals surface area contributed by atoms with E-state index < -0.39 is 11.8 Å². The highest BCUT2D eigenvalue weighted by Gasteiger charge is 2.51. The van der Waals surface area contributed by atoms with Crippen LogP contribution in [-0.4, -0.2) is 22.1 Å². The lowest BCUT2D eigenvalue weighted by atomic mass is 9.63. The van der Waals surface area contributed by atoms with Crippen molar-refractivity contribution in [2.24, 2.45) is 17.3 Å². The zero-order chi connectivity index (χ0) is 13.1. The standard InChI is InChI=1S/C14H19NO3/c1-14(2)5-3-4-8-6-9-10(7-11(8)14)13(17)15(18)12(9)16/h9-10,18H,3-7H2,1-2H3/t9-,10-/m0/s1. The number of carbonyl (C=O) groups excluding carboxylic acids is 2. The van der Waals surface area contributed by atoms with Gasteiger partial charge in [0.15, 0.2) is 0 Å². The van der Waals surface area contributed by atoms with Gasteiger partial charge in [-0.25, -0.2) is 0 Å². The summed E-state index contributed by atoms with van der Waals surface area (Å²) in [5.74, 6) is -1.44. The van der Waals surface area contributed by atoms with Gasteiger partial charge in [0, 0.05) is 0 Å². The van der Waals surface area contributed by atoms with Crippen molar-refractivity contribution in [1.82, 2.24) is 5.06 Å². The molecule has 1 fully saturated rings. The van der Waals surface area contributed by atoms with Crippen LogP contribution in [0.4, 0.5) is 0 Å². The predicted molar refractivity (Wildman–Crippen MR) is 64.5 cm³/mol. The molecule has 2 amide bonds. The summed E-state index contributed by atoms with van der Waals surface area (Å²) in [6, 6.07) is 0. The molecule has 0 aromatic heterocycles. The maximum atomic E-state index is 11.9. The summed E-state index contributed by atoms with van der Waals surface area (Å²) in [4.78, 5) is 23.7. The normalized spacial score (nSPS) is 34.7. The summed E-state index contributed by atoms with van der Waals surface area (Å²) in [6.07, 6.45) is 4.69. The molecule has 0 aromatic carbocycles. The molecule has 0 unspecified atom stereocenters. The fourth-order valence-electron chi connectivity index (χ4n) is 3.88. The molecule has 0 bridgehead atoms. The van der Waals surface area contributed by atoms with E-state index in [1.165, 1.54) is 11.1 Å². The van der Waals surface area contributed by atoms with E-state index in [4.69, 9.17) is 0 Å². The van der Waals surface area contributed by atoms with Gasteiger partial charge in [-0.05, 0) is 37.5 Å². The Labute approximate surface area is 107 Å². The third kappa shape index (κ3) is 1.48. The fraction of sp³-hybridized carbons (Fsp3) is 0.714. The summed E-state index contributed by atoms with van der Waals surface area (Å²) in [5.41, 5.74) is 2.88. The molecule has 1 aliphatic heterocycles. The molecule has 0 spiro atoms. The molecule has 3 aliphatic rings. The van der Waals surface area contributed by atoms with Gasteiger partial charge in [-0.3, -0.25) is 14.8 Å². The highest BCUT2D eigenvalue weighted by Crippen LogP contribution is 2.51. The number of hydroxylamine groups is 2. The number of carbonyl (C=O) groups is 2. The fourth-order valence-corrected chi connectivity index (χ4v) is 3.88. The Balaban J connectivity index is 1.98. The number of fused-ring (bicyclic) bond motifs is 1. The Bertz CT molecular complexity index is 464. The van der Waals surface area contributed by atoms with Crippen LogP contribution < -0.4 is 0 Å². The molecule has 2 atom stereocenters. The van der Waals surface area contributed by atoms with Crippen LogP contribution in [0, 0.1) is 17.3 Å². The summed E-state index contributed by atoms with van der Waals surface area (Å²) in [6.45, 7) is 4.44. The van der Waals surface area contributed by atoms with E-state index in [1.54, 1.807) is 0 Å². The first kappa shape index (κ1) is 11.9. The highest BCUT2D eigenvalue weighted by molar-refractivity contribution is 6.04. The highest BCUT2D eigenvalue weighted by atomic mass is 16.5. The quantitative estimate of drug-likeness (QED) is 0.407. The van der Waals surface area contributed by atoms with E-state index in [9.17, 15) is 14.8 Å². The van der Waals surface area contributed by atoms with Gasteiger partial charge in [0.2, 0.25) is 0 Å². The molecule has 18 heavy (non-hydrogen) atoms. The molecule has 3 rings (SSSR count). The summed E-state index contributed by atoms with van der Waals surface area (Å²) in [7, 11) is 0. The average Bonchev–Trinajstić information content (AvgIpc) is 2.53. The van der Waals surface area contributed by atoms with Crippen molar-refractivity contribution in [1.29, 1.82) is 0 Å². The molecule has 4 heteroatoms. The molecule has 0 saturated carbocycles. The lowest BCUT2D eigenvalue weighted by Crippen LogP contribution is -2.31. The number of allylic oxidation sites excluding steroid dienone is 2. The van der Waals surface area contributed by atoms with Crippen molar-refractivity contribution in [2.45, 2.75) is 46.0 Å². The number of hydrogen-bond acceptors (Lipinski definition) is 3. The molecule has 0 aromatic rings. The molecule has 0 radical (unpaired) electrons. The molecular weight excluding hydrogens is 230 g/mol. The van der Waals surface area contributed by atoms with Gasteiger partial charge in [0.1, 0.15) is 0 Å². The Morgan fingerprint density at radius 1 is 1.17 bits per heavy atom. The van der Waals surface area contributed by atoms with E-state index >= 15 is 0 Å². The van der Waals surface area contributed by atoms with Gasteiger partial charge in [0.25, 0.3) is 11.8 Å². The SMILES string of the molecule is CC1(C)CCCC2=C1C[C@@H]1C(=O)N(O)C(=O)[C@H]1C2. The molecule has 1 saturated heterocycles. The van der Waals surface area contributed by atoms with Crippen LogP contribution in [0.2, 0.25) is 0 Å². The first-order chi connectivity index (χ1) is 8.42. The summed E-state index contributed by atoms with van der Waals surface area (Å²) in [5, 5.41) is 9.82. The van der Waals surface area contributed by atoms with Crippen molar-refractivity contribution in [3.05, 3.63) is 11.1 Å². The second-order valence-electron chi connectivity index (χ2n) is 6.43. The minimum absolute atomic E-state index is 0.144. The Hall–Kier alpha value is -1.16. The maximum Gasteiger partial charge on any atom is 0.257 e. The Morgan fingerprint density at radius 3 is 2.44 bits per heavy atom. The lowest BCUT2D eigenvalue weighted by molar-refractivity contribution is -0.173. The maximum absolute atomic E-state index is 11.9. The van der Waals surface area contributed by atoms with Gasteiger partial charge in [-0.2, -0.15) is 5.06 Å². The van der Waals surface area contributed by atoms with Crippen molar-refractivity contribution < 1.29 is 14.8 Å². The molecular formula is C14H19NO3. The van der Waals surface area contributed by atoms with Crippen LogP contribution in [0.5, 0.6) is 0 Å². The molecule has 1 N–H and O–H groups in total. The van der Waals surface area contributed by atoms with E-state index in [2.05, 4.69) is 13.8 Å². The molecule has 2 aliphatic carbocycles. The monoisotopic (exact) mass is 249 g/mol. The van der Waals surface area contributed by atoms with Crippen LogP contribution in [0.3, 0.4) is 0 Å². The number of nitrogens with zero attached hydrogens (tertiary/aromatic N) is 1. The molecule has 98 valence electrons. The van der Waals surface area contributed by atoms with Crippen LogP contribution >= 0.6 is 0 Å². The summed E-state index contributed by atoms with van der Waals surface area (Å²) >= 11 is 0. The van der Waals surface area contributed by atoms with Crippen LogP contribution in [0.15, 0.2) is 11.1 Å². The van der Waals surface area contributed by atoms with Crippen molar-refractivity contribution in [2.75, 3.05) is 0 Å². The van der Waals surface area contributed by atoms with Crippen molar-refractivity contribution in [3.8, 4) is 0 Å². The van der Waals surface area contributed by atoms with Gasteiger partial charge >= 0.3 is 0 Å². The van der Waals surface area contributed by atoms with Gasteiger partial charge in [-0.15, -0.1) is 0 Å². The Kier molecular flexibility index (Phi) is 2.43. The smallest absolute Gasteiger partial charge is 0.257 e.